The Morgan fingerprint density at radius 1 is 1.56 bits per heavy atom. The van der Waals surface area contributed by atoms with Gasteiger partial charge in [-0.3, -0.25) is 9.36 Å². The lowest BCUT2D eigenvalue weighted by molar-refractivity contribution is 0.0444. The van der Waals surface area contributed by atoms with Crippen molar-refractivity contribution in [1.29, 1.82) is 0 Å². The average Bonchev–Trinajstić information content (AvgIpc) is 2.65. The van der Waals surface area contributed by atoms with Crippen LogP contribution in [0.5, 0.6) is 0 Å². The van der Waals surface area contributed by atoms with Gasteiger partial charge in [-0.15, -0.1) is 0 Å². The molecule has 1 aromatic rings. The summed E-state index contributed by atoms with van der Waals surface area (Å²) in [5.41, 5.74) is -0.705. The molecule has 6 heteroatoms. The maximum absolute atomic E-state index is 11.7. The summed E-state index contributed by atoms with van der Waals surface area (Å²) in [6, 6.07) is 0. The molecular formula is C10H13BrN2O3. The Bertz CT molecular complexity index is 494. The number of aromatic amines is 1. The summed E-state index contributed by atoms with van der Waals surface area (Å²) in [7, 11) is 0. The van der Waals surface area contributed by atoms with Crippen molar-refractivity contribution in [3.05, 3.63) is 31.5 Å². The minimum atomic E-state index is -0.392. The van der Waals surface area contributed by atoms with Gasteiger partial charge in [0.1, 0.15) is 0 Å². The number of nitrogens with one attached hydrogen (secondary N) is 1. The van der Waals surface area contributed by atoms with Gasteiger partial charge in [-0.05, 0) is 35.7 Å². The summed E-state index contributed by atoms with van der Waals surface area (Å²) in [4.78, 5) is 25.7. The van der Waals surface area contributed by atoms with Crippen LogP contribution in [-0.2, 0) is 11.3 Å². The van der Waals surface area contributed by atoms with Gasteiger partial charge in [-0.25, -0.2) is 4.79 Å². The zero-order valence-electron chi connectivity index (χ0n) is 8.90. The third kappa shape index (κ3) is 2.27. The van der Waals surface area contributed by atoms with E-state index in [9.17, 15) is 9.59 Å². The van der Waals surface area contributed by atoms with Crippen molar-refractivity contribution in [2.24, 2.45) is 0 Å². The summed E-state index contributed by atoms with van der Waals surface area (Å²) in [6.45, 7) is 2.31. The molecule has 0 aliphatic carbocycles. The van der Waals surface area contributed by atoms with Gasteiger partial charge >= 0.3 is 5.69 Å². The van der Waals surface area contributed by atoms with Crippen LogP contribution in [0.3, 0.4) is 0 Å². The van der Waals surface area contributed by atoms with E-state index in [1.54, 1.807) is 0 Å². The van der Waals surface area contributed by atoms with Crippen LogP contribution in [0.25, 0.3) is 0 Å². The minimum Gasteiger partial charge on any atom is -0.373 e. The fourth-order valence-corrected chi connectivity index (χ4v) is 2.20. The zero-order valence-corrected chi connectivity index (χ0v) is 10.5. The first-order chi connectivity index (χ1) is 7.58. The fourth-order valence-electron chi connectivity index (χ4n) is 1.87. The van der Waals surface area contributed by atoms with Crippen molar-refractivity contribution in [1.82, 2.24) is 9.55 Å². The number of aromatic nitrogens is 2. The first kappa shape index (κ1) is 11.6. The van der Waals surface area contributed by atoms with Gasteiger partial charge in [-0.2, -0.15) is 0 Å². The van der Waals surface area contributed by atoms with Gasteiger partial charge in [0.05, 0.1) is 23.2 Å². The molecule has 1 fully saturated rings. The highest BCUT2D eigenvalue weighted by molar-refractivity contribution is 9.10. The van der Waals surface area contributed by atoms with Crippen LogP contribution >= 0.6 is 15.9 Å². The SMILES string of the molecule is CC1CCC(Cn2c(=O)[nH]cc(Br)c2=O)O1. The Labute approximate surface area is 101 Å². The molecule has 5 nitrogen and oxygen atoms in total. The monoisotopic (exact) mass is 288 g/mol. The van der Waals surface area contributed by atoms with E-state index in [4.69, 9.17) is 4.74 Å². The summed E-state index contributed by atoms with van der Waals surface area (Å²) >= 11 is 3.10. The highest BCUT2D eigenvalue weighted by atomic mass is 79.9. The molecule has 2 atom stereocenters. The first-order valence-corrected chi connectivity index (χ1v) is 6.00. The van der Waals surface area contributed by atoms with Crippen molar-refractivity contribution in [2.75, 3.05) is 0 Å². The van der Waals surface area contributed by atoms with Crippen molar-refractivity contribution >= 4 is 15.9 Å². The highest BCUT2D eigenvalue weighted by Crippen LogP contribution is 2.19. The van der Waals surface area contributed by atoms with Crippen LogP contribution in [0.15, 0.2) is 20.3 Å². The van der Waals surface area contributed by atoms with E-state index in [1.807, 2.05) is 6.92 Å². The molecule has 0 amide bonds. The number of hydrogen-bond donors (Lipinski definition) is 1. The van der Waals surface area contributed by atoms with Gasteiger partial charge in [0.25, 0.3) is 5.56 Å². The molecule has 0 saturated carbocycles. The third-order valence-electron chi connectivity index (χ3n) is 2.72. The van der Waals surface area contributed by atoms with Crippen molar-refractivity contribution in [3.63, 3.8) is 0 Å². The lowest BCUT2D eigenvalue weighted by Crippen LogP contribution is -2.38. The summed E-state index contributed by atoms with van der Waals surface area (Å²) in [5, 5.41) is 0. The van der Waals surface area contributed by atoms with Crippen LogP contribution in [-0.4, -0.2) is 21.8 Å². The minimum absolute atomic E-state index is 0.0388. The van der Waals surface area contributed by atoms with Gasteiger partial charge in [0, 0.05) is 6.20 Å². The molecule has 0 aromatic carbocycles. The van der Waals surface area contributed by atoms with Crippen LogP contribution in [0.1, 0.15) is 19.8 Å². The maximum atomic E-state index is 11.7. The highest BCUT2D eigenvalue weighted by Gasteiger charge is 2.23. The molecule has 1 N–H and O–H groups in total. The number of hydrogen-bond acceptors (Lipinski definition) is 3. The molecule has 1 saturated heterocycles. The largest absolute Gasteiger partial charge is 0.373 e. The molecule has 0 bridgehead atoms. The van der Waals surface area contributed by atoms with Crippen molar-refractivity contribution in [3.8, 4) is 0 Å². The lowest BCUT2D eigenvalue weighted by Gasteiger charge is -2.12. The van der Waals surface area contributed by atoms with E-state index in [2.05, 4.69) is 20.9 Å². The molecule has 0 spiro atoms. The van der Waals surface area contributed by atoms with Crippen LogP contribution in [0.2, 0.25) is 0 Å². The molecule has 16 heavy (non-hydrogen) atoms. The predicted molar refractivity (Wildman–Crippen MR) is 62.6 cm³/mol. The second-order valence-corrected chi connectivity index (χ2v) is 4.86. The number of nitrogens with zero attached hydrogens (tertiary/aromatic N) is 1. The Hall–Kier alpha value is -0.880. The molecule has 0 radical (unpaired) electrons. The van der Waals surface area contributed by atoms with E-state index in [0.717, 1.165) is 12.8 Å². The molecule has 2 heterocycles. The molecule has 1 aromatic heterocycles. The second-order valence-electron chi connectivity index (χ2n) is 4.00. The van der Waals surface area contributed by atoms with Crippen molar-refractivity contribution in [2.45, 2.75) is 38.5 Å². The Morgan fingerprint density at radius 2 is 2.31 bits per heavy atom. The lowest BCUT2D eigenvalue weighted by atomic mass is 10.2. The third-order valence-corrected chi connectivity index (χ3v) is 3.29. The molecule has 1 aliphatic rings. The Morgan fingerprint density at radius 3 is 2.94 bits per heavy atom. The molecule has 88 valence electrons. The maximum Gasteiger partial charge on any atom is 0.328 e. The van der Waals surface area contributed by atoms with E-state index in [1.165, 1.54) is 10.8 Å². The molecule has 2 rings (SSSR count). The van der Waals surface area contributed by atoms with E-state index >= 15 is 0 Å². The van der Waals surface area contributed by atoms with E-state index in [-0.39, 0.29) is 17.8 Å². The van der Waals surface area contributed by atoms with Crippen LogP contribution < -0.4 is 11.2 Å². The fraction of sp³-hybridized carbons (Fsp3) is 0.600. The van der Waals surface area contributed by atoms with Gasteiger partial charge in [-0.1, -0.05) is 0 Å². The van der Waals surface area contributed by atoms with Gasteiger partial charge in [0.2, 0.25) is 0 Å². The zero-order chi connectivity index (χ0) is 11.7. The quantitative estimate of drug-likeness (QED) is 0.878. The Kier molecular flexibility index (Phi) is 3.30. The summed E-state index contributed by atoms with van der Waals surface area (Å²) < 4.78 is 7.12. The first-order valence-electron chi connectivity index (χ1n) is 5.21. The number of ether oxygens (including phenoxy) is 1. The van der Waals surface area contributed by atoms with Crippen LogP contribution in [0, 0.1) is 0 Å². The van der Waals surface area contributed by atoms with Gasteiger partial charge in [0.15, 0.2) is 0 Å². The molecular weight excluding hydrogens is 276 g/mol. The number of H-pyrrole nitrogens is 1. The standard InChI is InChI=1S/C10H13BrN2O3/c1-6-2-3-7(16-6)5-13-9(14)8(11)4-12-10(13)15/h4,6-7H,2-3,5H2,1H3,(H,12,15). The average molecular weight is 289 g/mol. The van der Waals surface area contributed by atoms with Crippen LogP contribution in [0.4, 0.5) is 0 Å². The van der Waals surface area contributed by atoms with E-state index in [0.29, 0.717) is 11.0 Å². The summed E-state index contributed by atoms with van der Waals surface area (Å²) in [5.74, 6) is 0. The second kappa shape index (κ2) is 4.55. The smallest absolute Gasteiger partial charge is 0.328 e. The topological polar surface area (TPSA) is 64.1 Å². The predicted octanol–water partition coefficient (Wildman–Crippen LogP) is 0.867. The van der Waals surface area contributed by atoms with E-state index < -0.39 is 5.69 Å². The van der Waals surface area contributed by atoms with Crippen molar-refractivity contribution < 1.29 is 4.74 Å². The van der Waals surface area contributed by atoms with Gasteiger partial charge < -0.3 is 9.72 Å². The molecule has 2 unspecified atom stereocenters. The number of rotatable bonds is 2. The summed E-state index contributed by atoms with van der Waals surface area (Å²) in [6.07, 6.45) is 3.40. The Balaban J connectivity index is 2.25. The molecule has 1 aliphatic heterocycles. The number of halogens is 1. The normalized spacial score (nSPS) is 24.9.